The van der Waals surface area contributed by atoms with Crippen molar-refractivity contribution in [2.75, 3.05) is 0 Å². The Bertz CT molecular complexity index is 1310. The molecule has 7 N–H and O–H groups in total. The zero-order chi connectivity index (χ0) is 26.7. The number of rotatable bonds is 3. The molecule has 0 unspecified atom stereocenters. The first-order chi connectivity index (χ1) is 16.7. The fourth-order valence-electron chi connectivity index (χ4n) is 5.38. The van der Waals surface area contributed by atoms with Crippen LogP contribution >= 0.6 is 0 Å². The lowest BCUT2D eigenvalue weighted by Gasteiger charge is -2.45. The maximum atomic E-state index is 13.5. The largest absolute Gasteiger partial charge is 0.511 e. The van der Waals surface area contributed by atoms with Gasteiger partial charge in [0, 0.05) is 29.5 Å². The minimum Gasteiger partial charge on any atom is -0.511 e. The number of Topliss-reactive ketones (excluding diaryl/α,β-unsaturated/α-hetero) is 2. The van der Waals surface area contributed by atoms with Gasteiger partial charge in [-0.1, -0.05) is 6.07 Å². The number of ketones is 2. The molecule has 3 aliphatic carbocycles. The zero-order valence-corrected chi connectivity index (χ0v) is 20.1. The number of nitrogens with two attached hydrogens (primary N) is 1. The van der Waals surface area contributed by atoms with E-state index in [1.54, 1.807) is 6.07 Å². The quantitative estimate of drug-likeness (QED) is 0.268. The van der Waals surface area contributed by atoms with Crippen LogP contribution in [0.1, 0.15) is 55.1 Å². The molecule has 0 aromatic heterocycles. The van der Waals surface area contributed by atoms with Crippen molar-refractivity contribution in [1.29, 1.82) is 0 Å². The van der Waals surface area contributed by atoms with Gasteiger partial charge in [0.2, 0.25) is 11.7 Å². The summed E-state index contributed by atoms with van der Waals surface area (Å²) >= 11 is 0. The highest BCUT2D eigenvalue weighted by molar-refractivity contribution is 6.24. The van der Waals surface area contributed by atoms with E-state index in [2.05, 4.69) is 5.32 Å². The first-order valence-corrected chi connectivity index (χ1v) is 11.5. The lowest BCUT2D eigenvalue weighted by atomic mass is 9.60. The number of amides is 2. The third-order valence-corrected chi connectivity index (χ3v) is 6.89. The molecule has 0 heterocycles. The Hall–Kier alpha value is -3.92. The molecule has 10 nitrogen and oxygen atoms in total. The number of primary amides is 1. The Morgan fingerprint density at radius 3 is 2.42 bits per heavy atom. The monoisotopic (exact) mass is 496 g/mol. The summed E-state index contributed by atoms with van der Waals surface area (Å²) in [7, 11) is 0. The molecule has 0 radical (unpaired) electrons. The van der Waals surface area contributed by atoms with Gasteiger partial charge in [0.05, 0.1) is 5.56 Å². The maximum Gasteiger partial charge on any atom is 0.255 e. The molecule has 0 spiro atoms. The first-order valence-electron chi connectivity index (χ1n) is 11.5. The fourth-order valence-corrected chi connectivity index (χ4v) is 5.38. The van der Waals surface area contributed by atoms with Crippen LogP contribution in [0.3, 0.4) is 0 Å². The van der Waals surface area contributed by atoms with Crippen LogP contribution in [0.4, 0.5) is 0 Å². The van der Waals surface area contributed by atoms with Crippen molar-refractivity contribution in [3.63, 3.8) is 0 Å². The average molecular weight is 497 g/mol. The van der Waals surface area contributed by atoms with Crippen LogP contribution in [0.25, 0.3) is 6.08 Å². The molecule has 36 heavy (non-hydrogen) atoms. The number of hydrogen-bond acceptors (Lipinski definition) is 8. The Morgan fingerprint density at radius 2 is 1.81 bits per heavy atom. The highest BCUT2D eigenvalue weighted by Crippen LogP contribution is 2.51. The molecule has 3 aliphatic rings. The number of aliphatic hydroxyl groups excluding tert-OH is 2. The predicted octanol–water partition coefficient (Wildman–Crippen LogP) is 1.51. The van der Waals surface area contributed by atoms with Crippen LogP contribution in [0, 0.1) is 11.8 Å². The number of fused-ring (bicyclic) bond motifs is 3. The summed E-state index contributed by atoms with van der Waals surface area (Å²) < 4.78 is 0. The number of benzene rings is 1. The van der Waals surface area contributed by atoms with Gasteiger partial charge in [0.15, 0.2) is 11.4 Å². The molecule has 0 fully saturated rings. The van der Waals surface area contributed by atoms with Crippen LogP contribution < -0.4 is 11.1 Å². The predicted molar refractivity (Wildman–Crippen MR) is 128 cm³/mol. The first kappa shape index (κ1) is 25.2. The number of nitrogens with one attached hydrogen (secondary N) is 1. The van der Waals surface area contributed by atoms with Crippen LogP contribution in [-0.4, -0.2) is 54.9 Å². The molecule has 1 aromatic carbocycles. The van der Waals surface area contributed by atoms with Gasteiger partial charge < -0.3 is 31.5 Å². The number of phenols is 1. The van der Waals surface area contributed by atoms with Crippen molar-refractivity contribution in [2.24, 2.45) is 17.6 Å². The molecular weight excluding hydrogens is 468 g/mol. The average Bonchev–Trinajstić information content (AvgIpc) is 2.74. The second-order valence-corrected chi connectivity index (χ2v) is 10.5. The highest BCUT2D eigenvalue weighted by Gasteiger charge is 2.59. The van der Waals surface area contributed by atoms with Crippen molar-refractivity contribution >= 4 is 29.5 Å². The van der Waals surface area contributed by atoms with E-state index in [0.29, 0.717) is 11.1 Å². The summed E-state index contributed by atoms with van der Waals surface area (Å²) in [6.45, 7) is 5.50. The smallest absolute Gasteiger partial charge is 0.255 e. The summed E-state index contributed by atoms with van der Waals surface area (Å²) in [5.74, 6) is -7.14. The van der Waals surface area contributed by atoms with Crippen molar-refractivity contribution in [1.82, 2.24) is 5.32 Å². The van der Waals surface area contributed by atoms with Crippen LogP contribution in [0.15, 0.2) is 40.9 Å². The molecule has 2 amide bonds. The third kappa shape index (κ3) is 3.87. The van der Waals surface area contributed by atoms with Gasteiger partial charge in [-0.25, -0.2) is 0 Å². The molecule has 0 saturated carbocycles. The molecular formula is C26H28N2O8. The summed E-state index contributed by atoms with van der Waals surface area (Å²) in [6.07, 6.45) is 2.74. The van der Waals surface area contributed by atoms with Gasteiger partial charge in [-0.3, -0.25) is 19.2 Å². The number of aliphatic hydroxyl groups is 3. The van der Waals surface area contributed by atoms with Crippen molar-refractivity contribution in [3.8, 4) is 5.75 Å². The van der Waals surface area contributed by atoms with Crippen LogP contribution in [0.5, 0.6) is 5.75 Å². The minimum absolute atomic E-state index is 0.0340. The zero-order valence-electron chi connectivity index (χ0n) is 20.1. The van der Waals surface area contributed by atoms with Gasteiger partial charge in [-0.05, 0) is 62.8 Å². The molecule has 4 rings (SSSR count). The molecule has 1 aromatic rings. The SMILES string of the molecule is CC(C)(C)NC(=O)/C=C/c1ccc(O)c2c1C[C@H]1C[C@H]3CC(O)=C(C(N)=O)C(=O)[C@@]3(O)C(O)=C1C2=O. The van der Waals surface area contributed by atoms with E-state index in [1.165, 1.54) is 18.2 Å². The standard InChI is InChI=1S/C26H28N2O8/c1-25(2,3)28-17(31)7-5-11-4-6-15(29)19-14(11)9-12-8-13-10-16(30)20(24(27)35)23(34)26(13,36)22(33)18(12)21(19)32/h4-7,12-13,29-30,33,36H,8-10H2,1-3H3,(H2,27,35)(H,28,31)/b7-5+/t12-,13+,26+/m1/s1. The summed E-state index contributed by atoms with van der Waals surface area (Å²) in [5, 5.41) is 45.8. The normalized spacial score (nSPS) is 26.0. The third-order valence-electron chi connectivity index (χ3n) is 6.89. The number of carbonyl (C=O) groups excluding carboxylic acids is 4. The maximum absolute atomic E-state index is 13.5. The van der Waals surface area contributed by atoms with Gasteiger partial charge in [-0.15, -0.1) is 0 Å². The summed E-state index contributed by atoms with van der Waals surface area (Å²) in [6, 6.07) is 2.85. The molecule has 3 atom stereocenters. The number of carbonyl (C=O) groups is 4. The summed E-state index contributed by atoms with van der Waals surface area (Å²) in [4.78, 5) is 50.4. The Balaban J connectivity index is 1.79. The van der Waals surface area contributed by atoms with Crippen molar-refractivity contribution in [3.05, 3.63) is 57.6 Å². The summed E-state index contributed by atoms with van der Waals surface area (Å²) in [5.41, 5.74) is 1.95. The van der Waals surface area contributed by atoms with E-state index in [9.17, 15) is 39.6 Å². The fraction of sp³-hybridized carbons (Fsp3) is 0.385. The lowest BCUT2D eigenvalue weighted by molar-refractivity contribution is -0.144. The van der Waals surface area contributed by atoms with E-state index in [4.69, 9.17) is 5.73 Å². The molecule has 0 aliphatic heterocycles. The highest BCUT2D eigenvalue weighted by atomic mass is 16.3. The van der Waals surface area contributed by atoms with Gasteiger partial charge in [-0.2, -0.15) is 0 Å². The van der Waals surface area contributed by atoms with E-state index in [1.807, 2.05) is 20.8 Å². The number of aromatic hydroxyl groups is 1. The van der Waals surface area contributed by atoms with Crippen molar-refractivity contribution < 1.29 is 39.6 Å². The topological polar surface area (TPSA) is 187 Å². The van der Waals surface area contributed by atoms with Crippen LogP contribution in [-0.2, 0) is 20.8 Å². The van der Waals surface area contributed by atoms with E-state index < -0.39 is 57.5 Å². The number of phenolic OH excluding ortho intramolecular Hbond substituents is 1. The van der Waals surface area contributed by atoms with Crippen LogP contribution in [0.2, 0.25) is 0 Å². The molecule has 10 heteroatoms. The van der Waals surface area contributed by atoms with E-state index in [-0.39, 0.29) is 42.1 Å². The van der Waals surface area contributed by atoms with Crippen molar-refractivity contribution in [2.45, 2.75) is 51.2 Å². The number of hydrogen-bond donors (Lipinski definition) is 6. The van der Waals surface area contributed by atoms with Gasteiger partial charge >= 0.3 is 0 Å². The lowest BCUT2D eigenvalue weighted by Crippen LogP contribution is -2.57. The Kier molecular flexibility index (Phi) is 5.83. The second kappa shape index (κ2) is 8.34. The molecule has 190 valence electrons. The Labute approximate surface area is 206 Å². The Morgan fingerprint density at radius 1 is 1.14 bits per heavy atom. The molecule has 0 saturated heterocycles. The van der Waals surface area contributed by atoms with Gasteiger partial charge in [0.25, 0.3) is 5.91 Å². The second-order valence-electron chi connectivity index (χ2n) is 10.5. The molecule has 0 bridgehead atoms. The minimum atomic E-state index is -2.60. The number of allylic oxidation sites excluding steroid dienone is 2. The van der Waals surface area contributed by atoms with Gasteiger partial charge in [0.1, 0.15) is 22.8 Å². The van der Waals surface area contributed by atoms with E-state index in [0.717, 1.165) is 0 Å². The van der Waals surface area contributed by atoms with E-state index >= 15 is 0 Å².